The molecule has 0 bridgehead atoms. The van der Waals surface area contributed by atoms with Crippen LogP contribution in [0.5, 0.6) is 0 Å². The summed E-state index contributed by atoms with van der Waals surface area (Å²) in [6.45, 7) is 2.21. The Morgan fingerprint density at radius 3 is 2.41 bits per heavy atom. The Hall–Kier alpha value is -3.45. The number of morpholine rings is 1. The van der Waals surface area contributed by atoms with E-state index in [-0.39, 0.29) is 17.7 Å². The molecule has 29 heavy (non-hydrogen) atoms. The van der Waals surface area contributed by atoms with E-state index in [4.69, 9.17) is 4.74 Å². The summed E-state index contributed by atoms with van der Waals surface area (Å²) in [5.41, 5.74) is 2.42. The highest BCUT2D eigenvalue weighted by atomic mass is 16.5. The Kier molecular flexibility index (Phi) is 6.76. The first kappa shape index (κ1) is 20.3. The molecule has 150 valence electrons. The van der Waals surface area contributed by atoms with Gasteiger partial charge in [0.15, 0.2) is 0 Å². The zero-order valence-corrected chi connectivity index (χ0v) is 16.2. The van der Waals surface area contributed by atoms with Gasteiger partial charge in [-0.1, -0.05) is 18.2 Å². The number of amides is 3. The van der Waals surface area contributed by atoms with Crippen LogP contribution in [0.25, 0.3) is 6.08 Å². The molecule has 1 heterocycles. The molecule has 1 fully saturated rings. The smallest absolute Gasteiger partial charge is 0.254 e. The predicted molar refractivity (Wildman–Crippen MR) is 111 cm³/mol. The first-order valence-electron chi connectivity index (χ1n) is 9.35. The van der Waals surface area contributed by atoms with Gasteiger partial charge in [0, 0.05) is 43.0 Å². The highest BCUT2D eigenvalue weighted by Crippen LogP contribution is 2.14. The number of nitrogens with one attached hydrogen (secondary N) is 2. The van der Waals surface area contributed by atoms with Gasteiger partial charge in [-0.3, -0.25) is 14.4 Å². The third-order valence-electron chi connectivity index (χ3n) is 4.50. The van der Waals surface area contributed by atoms with Crippen LogP contribution < -0.4 is 10.6 Å². The summed E-state index contributed by atoms with van der Waals surface area (Å²) in [4.78, 5) is 38.1. The summed E-state index contributed by atoms with van der Waals surface area (Å²) in [7, 11) is 1.57. The quantitative estimate of drug-likeness (QED) is 0.762. The third kappa shape index (κ3) is 5.52. The molecule has 0 radical (unpaired) electrons. The van der Waals surface area contributed by atoms with E-state index in [9.17, 15) is 14.4 Å². The normalized spacial score (nSPS) is 13.9. The molecule has 2 N–H and O–H groups in total. The van der Waals surface area contributed by atoms with Gasteiger partial charge < -0.3 is 20.3 Å². The number of rotatable bonds is 5. The molecule has 2 aromatic carbocycles. The van der Waals surface area contributed by atoms with Crippen LogP contribution in [0.4, 0.5) is 5.69 Å². The number of ether oxygens (including phenoxy) is 1. The molecule has 1 saturated heterocycles. The number of benzene rings is 2. The molecule has 0 unspecified atom stereocenters. The number of carbonyl (C=O) groups excluding carboxylic acids is 3. The second-order valence-corrected chi connectivity index (χ2v) is 6.51. The van der Waals surface area contributed by atoms with Crippen LogP contribution in [0, 0.1) is 0 Å². The number of anilines is 1. The highest BCUT2D eigenvalue weighted by molar-refractivity contribution is 6.03. The van der Waals surface area contributed by atoms with Crippen LogP contribution >= 0.6 is 0 Å². The maximum Gasteiger partial charge on any atom is 0.254 e. The Bertz CT molecular complexity index is 916. The molecule has 1 aliphatic heterocycles. The monoisotopic (exact) mass is 393 g/mol. The number of carbonyl (C=O) groups is 3. The van der Waals surface area contributed by atoms with Crippen LogP contribution in [0.15, 0.2) is 54.6 Å². The molecule has 0 aromatic heterocycles. The van der Waals surface area contributed by atoms with Gasteiger partial charge in [-0.2, -0.15) is 0 Å². The Balaban J connectivity index is 1.61. The summed E-state index contributed by atoms with van der Waals surface area (Å²) in [5.74, 6) is -0.544. The van der Waals surface area contributed by atoms with Crippen molar-refractivity contribution in [2.24, 2.45) is 0 Å². The fraction of sp³-hybridized carbons (Fsp3) is 0.227. The maximum absolute atomic E-state index is 12.6. The standard InChI is InChI=1S/C22H23N3O4/c1-23-21(27)17-8-5-16(6-9-17)7-10-20(26)24-19-4-2-3-18(15-19)22(28)25-11-13-29-14-12-25/h2-10,15H,11-14H2,1H3,(H,23,27)(H,24,26)/b10-7+. The second kappa shape index (κ2) is 9.66. The molecule has 3 rings (SSSR count). The molecule has 1 aliphatic rings. The van der Waals surface area contributed by atoms with E-state index in [1.165, 1.54) is 6.08 Å². The van der Waals surface area contributed by atoms with Gasteiger partial charge >= 0.3 is 0 Å². The SMILES string of the molecule is CNC(=O)c1ccc(/C=C/C(=O)Nc2cccc(C(=O)N3CCOCC3)c2)cc1. The molecule has 0 spiro atoms. The molecular weight excluding hydrogens is 370 g/mol. The number of nitrogens with zero attached hydrogens (tertiary/aromatic N) is 1. The molecule has 0 aliphatic carbocycles. The minimum Gasteiger partial charge on any atom is -0.378 e. The average molecular weight is 393 g/mol. The highest BCUT2D eigenvalue weighted by Gasteiger charge is 2.18. The van der Waals surface area contributed by atoms with E-state index < -0.39 is 0 Å². The summed E-state index contributed by atoms with van der Waals surface area (Å²) >= 11 is 0. The fourth-order valence-electron chi connectivity index (χ4n) is 2.92. The Morgan fingerprint density at radius 2 is 1.72 bits per heavy atom. The van der Waals surface area contributed by atoms with E-state index >= 15 is 0 Å². The van der Waals surface area contributed by atoms with E-state index in [1.807, 2.05) is 0 Å². The van der Waals surface area contributed by atoms with Gasteiger partial charge in [0.1, 0.15) is 0 Å². The van der Waals surface area contributed by atoms with Crippen molar-refractivity contribution in [3.05, 3.63) is 71.3 Å². The number of hydrogen-bond acceptors (Lipinski definition) is 4. The lowest BCUT2D eigenvalue weighted by Crippen LogP contribution is -2.40. The van der Waals surface area contributed by atoms with Gasteiger partial charge in [-0.25, -0.2) is 0 Å². The molecule has 3 amide bonds. The molecule has 7 heteroatoms. The lowest BCUT2D eigenvalue weighted by molar-refractivity contribution is -0.111. The second-order valence-electron chi connectivity index (χ2n) is 6.51. The van der Waals surface area contributed by atoms with Gasteiger partial charge in [0.2, 0.25) is 5.91 Å². The molecule has 2 aromatic rings. The minimum atomic E-state index is -0.309. The predicted octanol–water partition coefficient (Wildman–Crippen LogP) is 2.17. The first-order chi connectivity index (χ1) is 14.1. The van der Waals surface area contributed by atoms with Crippen molar-refractivity contribution in [3.63, 3.8) is 0 Å². The van der Waals surface area contributed by atoms with Crippen molar-refractivity contribution in [2.45, 2.75) is 0 Å². The first-order valence-corrected chi connectivity index (χ1v) is 9.35. The van der Waals surface area contributed by atoms with Gasteiger partial charge in [-0.05, 0) is 42.0 Å². The summed E-state index contributed by atoms with van der Waals surface area (Å²) in [6.07, 6.45) is 3.07. The maximum atomic E-state index is 12.6. The van der Waals surface area contributed by atoms with Crippen molar-refractivity contribution < 1.29 is 19.1 Å². The van der Waals surface area contributed by atoms with Gasteiger partial charge in [0.05, 0.1) is 13.2 Å². The van der Waals surface area contributed by atoms with E-state index in [1.54, 1.807) is 66.6 Å². The Labute approximate surface area is 169 Å². The average Bonchev–Trinajstić information content (AvgIpc) is 2.77. The molecular formula is C22H23N3O4. The van der Waals surface area contributed by atoms with Crippen LogP contribution in [-0.4, -0.2) is 56.0 Å². The number of hydrogen-bond donors (Lipinski definition) is 2. The fourth-order valence-corrected chi connectivity index (χ4v) is 2.92. The molecule has 0 atom stereocenters. The van der Waals surface area contributed by atoms with Crippen LogP contribution in [0.3, 0.4) is 0 Å². The third-order valence-corrected chi connectivity index (χ3v) is 4.50. The van der Waals surface area contributed by atoms with Gasteiger partial charge in [-0.15, -0.1) is 0 Å². The zero-order valence-electron chi connectivity index (χ0n) is 16.2. The Morgan fingerprint density at radius 1 is 1.00 bits per heavy atom. The van der Waals surface area contributed by atoms with Crippen molar-refractivity contribution in [1.82, 2.24) is 10.2 Å². The largest absolute Gasteiger partial charge is 0.378 e. The topological polar surface area (TPSA) is 87.7 Å². The van der Waals surface area contributed by atoms with Crippen LogP contribution in [-0.2, 0) is 9.53 Å². The molecule has 7 nitrogen and oxygen atoms in total. The van der Waals surface area contributed by atoms with E-state index in [0.29, 0.717) is 43.1 Å². The zero-order chi connectivity index (χ0) is 20.6. The summed E-state index contributed by atoms with van der Waals surface area (Å²) in [6, 6.07) is 13.8. The van der Waals surface area contributed by atoms with Gasteiger partial charge in [0.25, 0.3) is 11.8 Å². The van der Waals surface area contributed by atoms with Crippen molar-refractivity contribution in [2.75, 3.05) is 38.7 Å². The van der Waals surface area contributed by atoms with E-state index in [0.717, 1.165) is 5.56 Å². The summed E-state index contributed by atoms with van der Waals surface area (Å²) < 4.78 is 5.27. The van der Waals surface area contributed by atoms with Crippen molar-refractivity contribution >= 4 is 29.5 Å². The minimum absolute atomic E-state index is 0.0730. The summed E-state index contributed by atoms with van der Waals surface area (Å²) in [5, 5.41) is 5.32. The molecule has 0 saturated carbocycles. The van der Waals surface area contributed by atoms with Crippen molar-refractivity contribution in [1.29, 1.82) is 0 Å². The van der Waals surface area contributed by atoms with E-state index in [2.05, 4.69) is 10.6 Å². The van der Waals surface area contributed by atoms with Crippen LogP contribution in [0.2, 0.25) is 0 Å². The lowest BCUT2D eigenvalue weighted by atomic mass is 10.1. The van der Waals surface area contributed by atoms with Crippen LogP contribution in [0.1, 0.15) is 26.3 Å². The van der Waals surface area contributed by atoms with Crippen molar-refractivity contribution in [3.8, 4) is 0 Å². The lowest BCUT2D eigenvalue weighted by Gasteiger charge is -2.27.